The Kier molecular flexibility index (Phi) is 1.92. The lowest BCUT2D eigenvalue weighted by atomic mass is 9.92. The van der Waals surface area contributed by atoms with E-state index in [1.165, 1.54) is 0 Å². The third-order valence-electron chi connectivity index (χ3n) is 2.21. The maximum atomic E-state index is 11.4. The van der Waals surface area contributed by atoms with Gasteiger partial charge in [0.15, 0.2) is 0 Å². The van der Waals surface area contributed by atoms with Gasteiger partial charge in [-0.3, -0.25) is 9.78 Å². The molecule has 5 heteroatoms. The zero-order valence-electron chi connectivity index (χ0n) is 9.33. The van der Waals surface area contributed by atoms with Crippen LogP contribution in [0.3, 0.4) is 0 Å². The molecule has 0 radical (unpaired) electrons. The summed E-state index contributed by atoms with van der Waals surface area (Å²) in [6.07, 6.45) is 0. The molecule has 0 unspecified atom stereocenters. The molecule has 0 spiro atoms. The number of nitrogens with one attached hydrogen (secondary N) is 1. The summed E-state index contributed by atoms with van der Waals surface area (Å²) in [4.78, 5) is 18.2. The lowest BCUT2D eigenvalue weighted by molar-refractivity contribution is 0.544. The van der Waals surface area contributed by atoms with E-state index in [0.29, 0.717) is 11.6 Å². The fraction of sp³-hybridized carbons (Fsp3) is 0.500. The van der Waals surface area contributed by atoms with Gasteiger partial charge in [-0.05, 0) is 6.92 Å². The van der Waals surface area contributed by atoms with Gasteiger partial charge in [0.1, 0.15) is 5.82 Å². The topological polar surface area (TPSA) is 63.0 Å². The van der Waals surface area contributed by atoms with Crippen molar-refractivity contribution < 1.29 is 0 Å². The zero-order chi connectivity index (χ0) is 11.2. The van der Waals surface area contributed by atoms with Gasteiger partial charge in [-0.1, -0.05) is 20.8 Å². The van der Waals surface area contributed by atoms with Crippen LogP contribution in [0.15, 0.2) is 10.9 Å². The summed E-state index contributed by atoms with van der Waals surface area (Å²) >= 11 is 0. The van der Waals surface area contributed by atoms with Gasteiger partial charge in [-0.25, -0.2) is 4.52 Å². The molecule has 80 valence electrons. The SMILES string of the molecule is Cc1nc2[nH]c(=O)cc(C(C)(C)C)n2n1. The molecule has 0 aliphatic heterocycles. The van der Waals surface area contributed by atoms with E-state index < -0.39 is 0 Å². The van der Waals surface area contributed by atoms with E-state index in [1.54, 1.807) is 17.5 Å². The van der Waals surface area contributed by atoms with Crippen molar-refractivity contribution in [1.29, 1.82) is 0 Å². The van der Waals surface area contributed by atoms with Gasteiger partial charge in [0.05, 0.1) is 5.69 Å². The Morgan fingerprint density at radius 2 is 2.07 bits per heavy atom. The Labute approximate surface area is 87.2 Å². The fourth-order valence-electron chi connectivity index (χ4n) is 1.53. The molecule has 5 nitrogen and oxygen atoms in total. The monoisotopic (exact) mass is 206 g/mol. The lowest BCUT2D eigenvalue weighted by Gasteiger charge is -2.18. The normalized spacial score (nSPS) is 12.3. The van der Waals surface area contributed by atoms with Crippen LogP contribution in [0.25, 0.3) is 5.78 Å². The van der Waals surface area contributed by atoms with Crippen molar-refractivity contribution >= 4 is 5.78 Å². The van der Waals surface area contributed by atoms with E-state index >= 15 is 0 Å². The first-order valence-corrected chi connectivity index (χ1v) is 4.85. The number of fused-ring (bicyclic) bond motifs is 1. The zero-order valence-corrected chi connectivity index (χ0v) is 9.33. The highest BCUT2D eigenvalue weighted by Crippen LogP contribution is 2.20. The average molecular weight is 206 g/mol. The molecule has 0 saturated heterocycles. The number of hydrogen-bond acceptors (Lipinski definition) is 3. The second-order valence-electron chi connectivity index (χ2n) is 4.66. The second-order valence-corrected chi connectivity index (χ2v) is 4.66. The highest BCUT2D eigenvalue weighted by Gasteiger charge is 2.19. The van der Waals surface area contributed by atoms with Gasteiger partial charge < -0.3 is 0 Å². The van der Waals surface area contributed by atoms with Gasteiger partial charge in [-0.15, -0.1) is 0 Å². The summed E-state index contributed by atoms with van der Waals surface area (Å²) < 4.78 is 1.69. The minimum absolute atomic E-state index is 0.132. The third-order valence-corrected chi connectivity index (χ3v) is 2.21. The lowest BCUT2D eigenvalue weighted by Crippen LogP contribution is -2.22. The third kappa shape index (κ3) is 1.65. The molecule has 0 aromatic carbocycles. The number of rotatable bonds is 0. The first-order valence-electron chi connectivity index (χ1n) is 4.85. The molecule has 2 heterocycles. The van der Waals surface area contributed by atoms with Gasteiger partial charge in [-0.2, -0.15) is 10.1 Å². The Hall–Kier alpha value is -1.65. The van der Waals surface area contributed by atoms with Crippen molar-refractivity contribution in [1.82, 2.24) is 19.6 Å². The van der Waals surface area contributed by atoms with E-state index in [1.807, 2.05) is 20.8 Å². The molecule has 0 amide bonds. The molecule has 0 fully saturated rings. The van der Waals surface area contributed by atoms with E-state index in [9.17, 15) is 4.79 Å². The first kappa shape index (κ1) is 9.89. The standard InChI is InChI=1S/C10H14N4O/c1-6-11-9-12-8(15)5-7(10(2,3)4)14(9)13-6/h5H,1-4H3,(H,11,12,13,15). The highest BCUT2D eigenvalue weighted by molar-refractivity contribution is 5.30. The maximum absolute atomic E-state index is 11.4. The number of aromatic nitrogens is 4. The van der Waals surface area contributed by atoms with Crippen LogP contribution in [0.4, 0.5) is 0 Å². The Morgan fingerprint density at radius 1 is 1.40 bits per heavy atom. The Morgan fingerprint density at radius 3 is 2.67 bits per heavy atom. The molecule has 0 atom stereocenters. The Bertz CT molecular complexity index is 559. The second kappa shape index (κ2) is 2.92. The molecule has 0 aliphatic rings. The highest BCUT2D eigenvalue weighted by atomic mass is 16.1. The molecule has 1 N–H and O–H groups in total. The van der Waals surface area contributed by atoms with Crippen LogP contribution in [0, 0.1) is 6.92 Å². The summed E-state index contributed by atoms with van der Waals surface area (Å²) in [6.45, 7) is 7.92. The molecule has 0 aliphatic carbocycles. The van der Waals surface area contributed by atoms with Crippen molar-refractivity contribution in [2.45, 2.75) is 33.1 Å². The summed E-state index contributed by atoms with van der Waals surface area (Å²) in [5, 5.41) is 4.26. The fourth-order valence-corrected chi connectivity index (χ4v) is 1.53. The van der Waals surface area contributed by atoms with Gasteiger partial charge in [0, 0.05) is 11.5 Å². The minimum atomic E-state index is -0.139. The molecule has 0 saturated carbocycles. The number of aromatic amines is 1. The van der Waals surface area contributed by atoms with E-state index in [-0.39, 0.29) is 11.0 Å². The van der Waals surface area contributed by atoms with Crippen molar-refractivity contribution in [3.05, 3.63) is 27.9 Å². The van der Waals surface area contributed by atoms with Gasteiger partial charge >= 0.3 is 0 Å². The quantitative estimate of drug-likeness (QED) is 0.700. The largest absolute Gasteiger partial charge is 0.291 e. The summed E-state index contributed by atoms with van der Waals surface area (Å²) in [5.74, 6) is 1.16. The maximum Gasteiger partial charge on any atom is 0.252 e. The van der Waals surface area contributed by atoms with Crippen molar-refractivity contribution in [2.75, 3.05) is 0 Å². The van der Waals surface area contributed by atoms with Crippen LogP contribution < -0.4 is 5.56 Å². The predicted molar refractivity (Wildman–Crippen MR) is 57.0 cm³/mol. The van der Waals surface area contributed by atoms with Crippen molar-refractivity contribution in [3.63, 3.8) is 0 Å². The van der Waals surface area contributed by atoms with Crippen LogP contribution in [0.2, 0.25) is 0 Å². The van der Waals surface area contributed by atoms with Crippen molar-refractivity contribution in [2.24, 2.45) is 0 Å². The van der Waals surface area contributed by atoms with E-state index in [4.69, 9.17) is 0 Å². The number of hydrogen-bond donors (Lipinski definition) is 1. The van der Waals surface area contributed by atoms with Crippen LogP contribution in [-0.2, 0) is 5.41 Å². The van der Waals surface area contributed by atoms with Gasteiger partial charge in [0.2, 0.25) is 5.78 Å². The average Bonchev–Trinajstić information content (AvgIpc) is 2.41. The summed E-state index contributed by atoms with van der Waals surface area (Å²) in [6, 6.07) is 1.57. The molecule has 15 heavy (non-hydrogen) atoms. The summed E-state index contributed by atoms with van der Waals surface area (Å²) in [7, 11) is 0. The minimum Gasteiger partial charge on any atom is -0.291 e. The molecule has 2 rings (SSSR count). The van der Waals surface area contributed by atoms with Gasteiger partial charge in [0.25, 0.3) is 5.56 Å². The van der Waals surface area contributed by atoms with E-state index in [2.05, 4.69) is 15.1 Å². The number of nitrogens with zero attached hydrogens (tertiary/aromatic N) is 3. The van der Waals surface area contributed by atoms with Crippen LogP contribution >= 0.6 is 0 Å². The predicted octanol–water partition coefficient (Wildman–Crippen LogP) is 1.02. The molecule has 2 aromatic rings. The Balaban J connectivity index is 2.88. The van der Waals surface area contributed by atoms with Crippen molar-refractivity contribution in [3.8, 4) is 0 Å². The molecular formula is C10H14N4O. The van der Waals surface area contributed by atoms with E-state index in [0.717, 1.165) is 5.69 Å². The molecule has 0 bridgehead atoms. The first-order chi connectivity index (χ1) is 6.88. The number of H-pyrrole nitrogens is 1. The van der Waals surface area contributed by atoms with Crippen LogP contribution in [-0.4, -0.2) is 19.6 Å². The van der Waals surface area contributed by atoms with Crippen LogP contribution in [0.1, 0.15) is 32.3 Å². The number of aryl methyl sites for hydroxylation is 1. The summed E-state index contributed by atoms with van der Waals surface area (Å²) in [5.41, 5.74) is 0.591. The molecular weight excluding hydrogens is 192 g/mol. The smallest absolute Gasteiger partial charge is 0.252 e. The molecule has 2 aromatic heterocycles. The van der Waals surface area contributed by atoms with Crippen LogP contribution in [0.5, 0.6) is 0 Å².